The molecule has 0 fully saturated rings. The van der Waals surface area contributed by atoms with Gasteiger partial charge in [0.05, 0.1) is 0 Å². The van der Waals surface area contributed by atoms with Gasteiger partial charge in [-0.25, -0.2) is 0 Å². The van der Waals surface area contributed by atoms with Gasteiger partial charge in [-0.05, 0) is 58.2 Å². The number of hydrogen-bond acceptors (Lipinski definition) is 2. The average molecular weight is 274 g/mol. The van der Waals surface area contributed by atoms with E-state index in [-0.39, 0.29) is 11.4 Å². The molecule has 20 heavy (non-hydrogen) atoms. The van der Waals surface area contributed by atoms with Crippen LogP contribution in [-0.2, 0) is 6.42 Å². The minimum Gasteiger partial charge on any atom is -0.339 e. The third-order valence-corrected chi connectivity index (χ3v) is 3.67. The molecule has 0 unspecified atom stereocenters. The van der Waals surface area contributed by atoms with Crippen molar-refractivity contribution in [3.63, 3.8) is 0 Å². The van der Waals surface area contributed by atoms with Gasteiger partial charge in [-0.3, -0.25) is 4.79 Å². The predicted octanol–water partition coefficient (Wildman–Crippen LogP) is 2.85. The number of amides is 1. The molecule has 1 amide bonds. The van der Waals surface area contributed by atoms with E-state index in [9.17, 15) is 4.79 Å². The Kier molecular flexibility index (Phi) is 4.81. The highest BCUT2D eigenvalue weighted by Gasteiger charge is 2.21. The largest absolute Gasteiger partial charge is 0.339 e. The molecule has 3 nitrogen and oxygen atoms in total. The van der Waals surface area contributed by atoms with Gasteiger partial charge in [-0.15, -0.1) is 0 Å². The Morgan fingerprint density at radius 1 is 1.25 bits per heavy atom. The Balaban J connectivity index is 1.91. The maximum Gasteiger partial charge on any atom is 0.254 e. The zero-order valence-electron chi connectivity index (χ0n) is 12.9. The second-order valence-electron chi connectivity index (χ2n) is 6.58. The van der Waals surface area contributed by atoms with Crippen molar-refractivity contribution in [2.24, 2.45) is 0 Å². The highest BCUT2D eigenvalue weighted by atomic mass is 16.2. The van der Waals surface area contributed by atoms with Crippen LogP contribution in [0, 0.1) is 0 Å². The Hall–Kier alpha value is -1.35. The minimum atomic E-state index is 0.148. The van der Waals surface area contributed by atoms with Crippen molar-refractivity contribution in [3.05, 3.63) is 35.4 Å². The van der Waals surface area contributed by atoms with Gasteiger partial charge < -0.3 is 10.2 Å². The molecule has 0 aliphatic carbocycles. The number of hydrogen-bond donors (Lipinski definition) is 1. The molecular formula is C17H26N2O. The van der Waals surface area contributed by atoms with E-state index in [1.165, 1.54) is 5.56 Å². The first-order chi connectivity index (χ1) is 9.47. The van der Waals surface area contributed by atoms with Crippen LogP contribution in [-0.4, -0.2) is 36.0 Å². The molecule has 0 bridgehead atoms. The van der Waals surface area contributed by atoms with Gasteiger partial charge in [0.1, 0.15) is 0 Å². The van der Waals surface area contributed by atoms with Crippen LogP contribution < -0.4 is 5.32 Å². The fourth-order valence-electron chi connectivity index (χ4n) is 2.63. The van der Waals surface area contributed by atoms with E-state index in [2.05, 4.69) is 32.2 Å². The SMILES string of the molecule is CC(C)(C)NCCCN1CCCc2ccccc2C1=O. The summed E-state index contributed by atoms with van der Waals surface area (Å²) in [4.78, 5) is 14.5. The van der Waals surface area contributed by atoms with Gasteiger partial charge in [-0.1, -0.05) is 18.2 Å². The van der Waals surface area contributed by atoms with Crippen LogP contribution in [0.25, 0.3) is 0 Å². The third kappa shape index (κ3) is 4.07. The summed E-state index contributed by atoms with van der Waals surface area (Å²) in [5.74, 6) is 0.203. The second-order valence-corrected chi connectivity index (χ2v) is 6.58. The predicted molar refractivity (Wildman–Crippen MR) is 83.0 cm³/mol. The number of nitrogens with zero attached hydrogens (tertiary/aromatic N) is 1. The standard InChI is InChI=1S/C17H26N2O/c1-17(2,3)18-11-7-13-19-12-6-9-14-8-4-5-10-15(14)16(19)20/h4-5,8,10,18H,6-7,9,11-13H2,1-3H3. The van der Waals surface area contributed by atoms with E-state index in [1.54, 1.807) is 0 Å². The average Bonchev–Trinajstić information content (AvgIpc) is 2.54. The number of aryl methyl sites for hydroxylation is 1. The van der Waals surface area contributed by atoms with Crippen LogP contribution in [0.3, 0.4) is 0 Å². The quantitative estimate of drug-likeness (QED) is 0.856. The summed E-state index contributed by atoms with van der Waals surface area (Å²) in [5.41, 5.74) is 2.25. The fraction of sp³-hybridized carbons (Fsp3) is 0.588. The lowest BCUT2D eigenvalue weighted by atomic mass is 10.0. The molecule has 0 atom stereocenters. The molecule has 1 aliphatic heterocycles. The molecule has 0 radical (unpaired) electrons. The smallest absolute Gasteiger partial charge is 0.254 e. The number of carbonyl (C=O) groups excluding carboxylic acids is 1. The van der Waals surface area contributed by atoms with Crippen LogP contribution >= 0.6 is 0 Å². The highest BCUT2D eigenvalue weighted by Crippen LogP contribution is 2.18. The first kappa shape index (κ1) is 15.0. The summed E-state index contributed by atoms with van der Waals surface area (Å²) in [7, 11) is 0. The van der Waals surface area contributed by atoms with Crippen LogP contribution in [0.1, 0.15) is 49.5 Å². The van der Waals surface area contributed by atoms with Gasteiger partial charge in [0.25, 0.3) is 5.91 Å². The number of fused-ring (bicyclic) bond motifs is 1. The maximum absolute atomic E-state index is 12.5. The molecule has 1 aromatic rings. The Labute approximate surface area is 122 Å². The van der Waals surface area contributed by atoms with Crippen LogP contribution in [0.5, 0.6) is 0 Å². The third-order valence-electron chi connectivity index (χ3n) is 3.67. The van der Waals surface area contributed by atoms with E-state index in [1.807, 2.05) is 23.1 Å². The molecule has 110 valence electrons. The normalized spacial score (nSPS) is 15.9. The molecule has 0 saturated heterocycles. The molecule has 1 aliphatic rings. The summed E-state index contributed by atoms with van der Waals surface area (Å²) in [6, 6.07) is 8.03. The lowest BCUT2D eigenvalue weighted by Crippen LogP contribution is -2.39. The number of benzene rings is 1. The van der Waals surface area contributed by atoms with Crippen molar-refractivity contribution in [3.8, 4) is 0 Å². The van der Waals surface area contributed by atoms with E-state index in [4.69, 9.17) is 0 Å². The van der Waals surface area contributed by atoms with Crippen molar-refractivity contribution in [2.75, 3.05) is 19.6 Å². The Morgan fingerprint density at radius 3 is 2.75 bits per heavy atom. The summed E-state index contributed by atoms with van der Waals surface area (Å²) in [6.45, 7) is 9.18. The van der Waals surface area contributed by atoms with Crippen LogP contribution in [0.2, 0.25) is 0 Å². The fourth-order valence-corrected chi connectivity index (χ4v) is 2.63. The Bertz CT molecular complexity index is 462. The monoisotopic (exact) mass is 274 g/mol. The summed E-state index contributed by atoms with van der Waals surface area (Å²) < 4.78 is 0. The molecule has 1 heterocycles. The molecular weight excluding hydrogens is 248 g/mol. The van der Waals surface area contributed by atoms with Gasteiger partial charge >= 0.3 is 0 Å². The van der Waals surface area contributed by atoms with Crippen molar-refractivity contribution >= 4 is 5.91 Å². The Morgan fingerprint density at radius 2 is 2.00 bits per heavy atom. The lowest BCUT2D eigenvalue weighted by Gasteiger charge is -2.24. The first-order valence-corrected chi connectivity index (χ1v) is 7.59. The second kappa shape index (κ2) is 6.40. The summed E-state index contributed by atoms with van der Waals surface area (Å²) in [5, 5.41) is 3.47. The summed E-state index contributed by atoms with van der Waals surface area (Å²) in [6.07, 6.45) is 3.08. The molecule has 1 aromatic carbocycles. The van der Waals surface area contributed by atoms with E-state index >= 15 is 0 Å². The number of carbonyl (C=O) groups is 1. The lowest BCUT2D eigenvalue weighted by molar-refractivity contribution is 0.0758. The van der Waals surface area contributed by atoms with Gasteiger partial charge in [0.2, 0.25) is 0 Å². The van der Waals surface area contributed by atoms with Crippen molar-refractivity contribution in [1.82, 2.24) is 10.2 Å². The first-order valence-electron chi connectivity index (χ1n) is 7.59. The van der Waals surface area contributed by atoms with E-state index < -0.39 is 0 Å². The van der Waals surface area contributed by atoms with Gasteiger partial charge in [-0.2, -0.15) is 0 Å². The maximum atomic E-state index is 12.5. The minimum absolute atomic E-state index is 0.148. The van der Waals surface area contributed by atoms with Crippen molar-refractivity contribution in [2.45, 2.75) is 45.6 Å². The van der Waals surface area contributed by atoms with Crippen LogP contribution in [0.4, 0.5) is 0 Å². The van der Waals surface area contributed by atoms with Crippen molar-refractivity contribution in [1.29, 1.82) is 0 Å². The zero-order chi connectivity index (χ0) is 14.6. The van der Waals surface area contributed by atoms with Crippen molar-refractivity contribution < 1.29 is 4.79 Å². The van der Waals surface area contributed by atoms with Gasteiger partial charge in [0, 0.05) is 24.2 Å². The summed E-state index contributed by atoms with van der Waals surface area (Å²) >= 11 is 0. The molecule has 2 rings (SSSR count). The van der Waals surface area contributed by atoms with Gasteiger partial charge in [0.15, 0.2) is 0 Å². The number of rotatable bonds is 4. The molecule has 0 saturated carbocycles. The van der Waals surface area contributed by atoms with Crippen LogP contribution in [0.15, 0.2) is 24.3 Å². The topological polar surface area (TPSA) is 32.3 Å². The molecule has 0 aromatic heterocycles. The molecule has 0 spiro atoms. The molecule has 3 heteroatoms. The molecule has 1 N–H and O–H groups in total. The van der Waals surface area contributed by atoms with E-state index in [0.29, 0.717) is 0 Å². The van der Waals surface area contributed by atoms with E-state index in [0.717, 1.165) is 44.5 Å². The zero-order valence-corrected chi connectivity index (χ0v) is 12.9. The number of nitrogens with one attached hydrogen (secondary N) is 1. The highest BCUT2D eigenvalue weighted by molar-refractivity contribution is 5.96.